The average Bonchev–Trinajstić information content (AvgIpc) is 2.99. The largest absolute Gasteiger partial charge is 0.394 e. The summed E-state index contributed by atoms with van der Waals surface area (Å²) in [5.74, 6) is 0.465. The molecule has 0 bridgehead atoms. The number of aromatic nitrogens is 4. The molecule has 0 aliphatic carbocycles. The van der Waals surface area contributed by atoms with Crippen LogP contribution in [0.1, 0.15) is 0 Å². The fourth-order valence-electron chi connectivity index (χ4n) is 1.70. The molecule has 3 atom stereocenters. The molecule has 1 fully saturated rings. The highest BCUT2D eigenvalue weighted by molar-refractivity contribution is 5.81. The molecule has 0 spiro atoms. The van der Waals surface area contributed by atoms with Crippen molar-refractivity contribution in [2.24, 2.45) is 0 Å². The molecular formula is C10H16N6O4. The number of hydrogen-bond acceptors (Lipinski definition) is 9. The zero-order valence-electron chi connectivity index (χ0n) is 10.5. The Balaban J connectivity index is 0.000000151. The highest BCUT2D eigenvalue weighted by Crippen LogP contribution is 2.13. The lowest BCUT2D eigenvalue weighted by molar-refractivity contribution is -0.00588. The summed E-state index contributed by atoms with van der Waals surface area (Å²) in [5, 5.41) is 26.2. The number of nitrogen functional groups attached to an aromatic ring is 2. The second-order valence-corrected chi connectivity index (χ2v) is 4.18. The Morgan fingerprint density at radius 2 is 2.10 bits per heavy atom. The van der Waals surface area contributed by atoms with Crippen molar-refractivity contribution in [3.05, 3.63) is 6.33 Å². The molecule has 0 unspecified atom stereocenters. The third kappa shape index (κ3) is 2.93. The highest BCUT2D eigenvalue weighted by atomic mass is 16.5. The number of aliphatic hydroxyl groups excluding tert-OH is 3. The van der Waals surface area contributed by atoms with E-state index in [0.717, 1.165) is 0 Å². The zero-order valence-corrected chi connectivity index (χ0v) is 10.5. The number of nitrogens with two attached hydrogens (primary N) is 2. The second-order valence-electron chi connectivity index (χ2n) is 4.18. The van der Waals surface area contributed by atoms with Crippen molar-refractivity contribution in [3.8, 4) is 0 Å². The summed E-state index contributed by atoms with van der Waals surface area (Å²) in [6, 6.07) is 0. The first-order valence-corrected chi connectivity index (χ1v) is 5.83. The van der Waals surface area contributed by atoms with Crippen LogP contribution in [0.15, 0.2) is 6.33 Å². The van der Waals surface area contributed by atoms with Crippen molar-refractivity contribution in [1.82, 2.24) is 19.9 Å². The van der Waals surface area contributed by atoms with Crippen LogP contribution in [0.5, 0.6) is 0 Å². The molecule has 110 valence electrons. The molecule has 0 radical (unpaired) electrons. The first-order valence-electron chi connectivity index (χ1n) is 5.83. The monoisotopic (exact) mass is 284 g/mol. The Morgan fingerprint density at radius 3 is 2.65 bits per heavy atom. The summed E-state index contributed by atoms with van der Waals surface area (Å²) in [6.45, 7) is -0.120. The quantitative estimate of drug-likeness (QED) is 0.333. The number of aromatic amines is 1. The minimum absolute atomic E-state index is 0.117. The lowest BCUT2D eigenvalue weighted by Gasteiger charge is -2.10. The van der Waals surface area contributed by atoms with Gasteiger partial charge in [0, 0.05) is 0 Å². The van der Waals surface area contributed by atoms with Gasteiger partial charge in [-0.15, -0.1) is 0 Å². The predicted molar refractivity (Wildman–Crippen MR) is 69.3 cm³/mol. The maximum absolute atomic E-state index is 8.92. The van der Waals surface area contributed by atoms with E-state index in [1.54, 1.807) is 0 Å². The van der Waals surface area contributed by atoms with Crippen molar-refractivity contribution in [1.29, 1.82) is 0 Å². The molecule has 0 saturated carbocycles. The van der Waals surface area contributed by atoms with E-state index in [1.165, 1.54) is 6.33 Å². The number of nitrogens with zero attached hydrogens (tertiary/aromatic N) is 3. The number of H-pyrrole nitrogens is 1. The Kier molecular flexibility index (Phi) is 4.29. The minimum atomic E-state index is -0.921. The molecule has 1 saturated heterocycles. The van der Waals surface area contributed by atoms with Crippen LogP contribution in [0, 0.1) is 0 Å². The first kappa shape index (κ1) is 14.4. The molecule has 10 nitrogen and oxygen atoms in total. The van der Waals surface area contributed by atoms with Gasteiger partial charge in [-0.3, -0.25) is 0 Å². The van der Waals surface area contributed by atoms with Gasteiger partial charge in [-0.1, -0.05) is 0 Å². The topological polar surface area (TPSA) is 176 Å². The Bertz CT molecular complexity index is 576. The van der Waals surface area contributed by atoms with Crippen LogP contribution in [-0.4, -0.2) is 66.8 Å². The van der Waals surface area contributed by atoms with Gasteiger partial charge in [0.15, 0.2) is 11.5 Å². The molecular weight excluding hydrogens is 268 g/mol. The predicted octanol–water partition coefficient (Wildman–Crippen LogP) is -2.38. The van der Waals surface area contributed by atoms with E-state index in [-0.39, 0.29) is 19.2 Å². The van der Waals surface area contributed by atoms with Gasteiger partial charge in [0.2, 0.25) is 5.95 Å². The fraction of sp³-hybridized carbons (Fsp3) is 0.500. The Hall–Kier alpha value is -2.01. The van der Waals surface area contributed by atoms with Gasteiger partial charge in [-0.2, -0.15) is 9.97 Å². The first-order chi connectivity index (χ1) is 9.52. The second kappa shape index (κ2) is 5.96. The summed E-state index contributed by atoms with van der Waals surface area (Å²) in [6.07, 6.45) is -0.855. The van der Waals surface area contributed by atoms with Crippen molar-refractivity contribution in [3.63, 3.8) is 0 Å². The van der Waals surface area contributed by atoms with Crippen LogP contribution in [0.2, 0.25) is 0 Å². The number of rotatable bonds is 1. The maximum atomic E-state index is 8.92. The third-order valence-electron chi connectivity index (χ3n) is 2.77. The van der Waals surface area contributed by atoms with Gasteiger partial charge in [-0.25, -0.2) is 4.98 Å². The summed E-state index contributed by atoms with van der Waals surface area (Å²) in [5.41, 5.74) is 11.9. The summed E-state index contributed by atoms with van der Waals surface area (Å²) < 4.78 is 4.78. The van der Waals surface area contributed by atoms with Crippen LogP contribution >= 0.6 is 0 Å². The molecule has 10 heteroatoms. The fourth-order valence-corrected chi connectivity index (χ4v) is 1.70. The number of nitrogens with one attached hydrogen (secondary N) is 1. The van der Waals surface area contributed by atoms with Crippen LogP contribution < -0.4 is 11.5 Å². The smallest absolute Gasteiger partial charge is 0.224 e. The molecule has 2 aromatic heterocycles. The van der Waals surface area contributed by atoms with E-state index < -0.39 is 18.3 Å². The molecule has 1 aliphatic rings. The van der Waals surface area contributed by atoms with Gasteiger partial charge in [-0.05, 0) is 0 Å². The number of imidazole rings is 1. The van der Waals surface area contributed by atoms with Crippen LogP contribution in [0.25, 0.3) is 11.2 Å². The Labute approximate surface area is 113 Å². The summed E-state index contributed by atoms with van der Waals surface area (Å²) in [7, 11) is 0. The minimum Gasteiger partial charge on any atom is -0.394 e. The molecule has 3 rings (SSSR count). The van der Waals surface area contributed by atoms with E-state index in [4.69, 9.17) is 31.5 Å². The lowest BCUT2D eigenvalue weighted by Crippen LogP contribution is -2.31. The molecule has 0 amide bonds. The van der Waals surface area contributed by atoms with E-state index in [2.05, 4.69) is 19.9 Å². The Morgan fingerprint density at radius 1 is 1.35 bits per heavy atom. The standard InChI is InChI=1S/C5H6N6.C5H10O4/c6-3-2-4(9-1-8-2)11-5(7)10-3;6-1-4-5(8)3(7)2-9-4/h1H,(H5,6,7,8,9,10,11);3-8H,1-2H2/t;3-,4+,5-/m.0/s1. The van der Waals surface area contributed by atoms with Crippen LogP contribution in [-0.2, 0) is 4.74 Å². The van der Waals surface area contributed by atoms with Gasteiger partial charge in [0.05, 0.1) is 19.5 Å². The molecule has 8 N–H and O–H groups in total. The molecule has 20 heavy (non-hydrogen) atoms. The van der Waals surface area contributed by atoms with Crippen molar-refractivity contribution < 1.29 is 20.1 Å². The van der Waals surface area contributed by atoms with Crippen LogP contribution in [0.4, 0.5) is 11.8 Å². The highest BCUT2D eigenvalue weighted by Gasteiger charge is 2.33. The van der Waals surface area contributed by atoms with E-state index in [9.17, 15) is 0 Å². The number of ether oxygens (including phenoxy) is 1. The zero-order chi connectivity index (χ0) is 14.7. The van der Waals surface area contributed by atoms with E-state index in [1.807, 2.05) is 0 Å². The van der Waals surface area contributed by atoms with Gasteiger partial charge < -0.3 is 36.5 Å². The van der Waals surface area contributed by atoms with Crippen molar-refractivity contribution >= 4 is 22.9 Å². The molecule has 0 aromatic carbocycles. The van der Waals surface area contributed by atoms with E-state index in [0.29, 0.717) is 17.0 Å². The number of hydrogen-bond donors (Lipinski definition) is 6. The maximum Gasteiger partial charge on any atom is 0.224 e. The normalized spacial score (nSPS) is 25.4. The van der Waals surface area contributed by atoms with Crippen LogP contribution in [0.3, 0.4) is 0 Å². The number of anilines is 2. The number of aliphatic hydroxyl groups is 3. The summed E-state index contributed by atoms with van der Waals surface area (Å²) in [4.78, 5) is 14.3. The van der Waals surface area contributed by atoms with E-state index >= 15 is 0 Å². The average molecular weight is 284 g/mol. The van der Waals surface area contributed by atoms with Gasteiger partial charge in [0.25, 0.3) is 0 Å². The third-order valence-corrected chi connectivity index (χ3v) is 2.77. The van der Waals surface area contributed by atoms with Crippen molar-refractivity contribution in [2.75, 3.05) is 24.7 Å². The molecule has 3 heterocycles. The van der Waals surface area contributed by atoms with Gasteiger partial charge >= 0.3 is 0 Å². The lowest BCUT2D eigenvalue weighted by atomic mass is 10.2. The summed E-state index contributed by atoms with van der Waals surface area (Å²) >= 11 is 0. The van der Waals surface area contributed by atoms with Gasteiger partial charge in [0.1, 0.15) is 23.8 Å². The molecule has 1 aliphatic heterocycles. The SMILES string of the molecule is Nc1nc(N)c2[nH]cnc2n1.OC[C@H]1OC[C@H](O)[C@@H]1O. The molecule has 2 aromatic rings. The van der Waals surface area contributed by atoms with Crippen molar-refractivity contribution in [2.45, 2.75) is 18.3 Å². The number of fused-ring (bicyclic) bond motifs is 1.